The Bertz CT molecular complexity index is 1230. The van der Waals surface area contributed by atoms with E-state index in [1.54, 1.807) is 23.5 Å². The van der Waals surface area contributed by atoms with Gasteiger partial charge in [0.25, 0.3) is 0 Å². The molecule has 4 heterocycles. The molecule has 3 aromatic heterocycles. The monoisotopic (exact) mass is 454 g/mol. The highest BCUT2D eigenvalue weighted by atomic mass is 32.1. The van der Waals surface area contributed by atoms with E-state index in [-0.39, 0.29) is 11.6 Å². The maximum Gasteiger partial charge on any atom is 0.151 e. The highest BCUT2D eigenvalue weighted by molar-refractivity contribution is 7.09. The molecule has 1 aliphatic rings. The smallest absolute Gasteiger partial charge is 0.151 e. The van der Waals surface area contributed by atoms with Gasteiger partial charge in [-0.05, 0) is 30.7 Å². The van der Waals surface area contributed by atoms with E-state index in [1.165, 1.54) is 18.2 Å². The second-order valence-electron chi connectivity index (χ2n) is 7.72. The van der Waals surface area contributed by atoms with Crippen molar-refractivity contribution in [1.29, 1.82) is 0 Å². The number of anilines is 2. The van der Waals surface area contributed by atoms with E-state index in [4.69, 9.17) is 0 Å². The number of nitrogens with one attached hydrogen (secondary N) is 2. The first kappa shape index (κ1) is 20.8. The second-order valence-corrected chi connectivity index (χ2v) is 8.66. The molecule has 9 heteroatoms. The summed E-state index contributed by atoms with van der Waals surface area (Å²) in [7, 11) is 0. The Morgan fingerprint density at radius 3 is 2.66 bits per heavy atom. The number of halogens is 2. The van der Waals surface area contributed by atoms with Gasteiger partial charge in [0.2, 0.25) is 0 Å². The van der Waals surface area contributed by atoms with E-state index in [0.29, 0.717) is 17.9 Å². The number of nitrogens with zero attached hydrogens (tertiary/aromatic N) is 4. The summed E-state index contributed by atoms with van der Waals surface area (Å²) in [5.74, 6) is 0.349. The number of aromatic nitrogens is 3. The zero-order valence-corrected chi connectivity index (χ0v) is 18.6. The largest absolute Gasteiger partial charge is 0.365 e. The van der Waals surface area contributed by atoms with Gasteiger partial charge in [-0.25, -0.2) is 18.7 Å². The third-order valence-electron chi connectivity index (χ3n) is 5.65. The molecule has 0 bridgehead atoms. The van der Waals surface area contributed by atoms with Crippen molar-refractivity contribution in [2.45, 2.75) is 19.9 Å². The summed E-state index contributed by atoms with van der Waals surface area (Å²) in [6.07, 6.45) is 2.57. The van der Waals surface area contributed by atoms with E-state index in [2.05, 4.69) is 25.5 Å². The Labute approximate surface area is 188 Å². The second kappa shape index (κ2) is 8.84. The molecule has 1 aromatic carbocycles. The topological polar surface area (TPSA) is 57.5 Å². The van der Waals surface area contributed by atoms with Crippen molar-refractivity contribution in [2.24, 2.45) is 0 Å². The van der Waals surface area contributed by atoms with Crippen LogP contribution in [0.1, 0.15) is 17.6 Å². The minimum Gasteiger partial charge on any atom is -0.365 e. The summed E-state index contributed by atoms with van der Waals surface area (Å²) in [6.45, 7) is 5.78. The summed E-state index contributed by atoms with van der Waals surface area (Å²) in [5, 5.41) is 9.64. The van der Waals surface area contributed by atoms with Gasteiger partial charge in [0.1, 0.15) is 22.3 Å². The average molecular weight is 455 g/mol. The number of fused-ring (bicyclic) bond motifs is 1. The Morgan fingerprint density at radius 2 is 1.91 bits per heavy atom. The van der Waals surface area contributed by atoms with Gasteiger partial charge in [-0.15, -0.1) is 11.3 Å². The van der Waals surface area contributed by atoms with Crippen LogP contribution in [-0.2, 0) is 13.0 Å². The average Bonchev–Trinajstić information content (AvgIpc) is 3.42. The first-order valence-corrected chi connectivity index (χ1v) is 11.6. The third-order valence-corrected chi connectivity index (χ3v) is 6.50. The van der Waals surface area contributed by atoms with Crippen molar-refractivity contribution in [1.82, 2.24) is 19.7 Å². The van der Waals surface area contributed by atoms with Gasteiger partial charge in [0.05, 0.1) is 23.6 Å². The van der Waals surface area contributed by atoms with Gasteiger partial charge in [-0.2, -0.15) is 0 Å². The molecule has 0 amide bonds. The molecule has 0 saturated carbocycles. The van der Waals surface area contributed by atoms with Crippen molar-refractivity contribution in [2.75, 3.05) is 36.4 Å². The molecule has 1 aliphatic heterocycles. The molecule has 1 fully saturated rings. The number of imidazole rings is 1. The molecule has 0 unspecified atom stereocenters. The molecule has 5 rings (SSSR count). The molecule has 4 aromatic rings. The first-order valence-electron chi connectivity index (χ1n) is 10.7. The molecule has 2 N–H and O–H groups in total. The summed E-state index contributed by atoms with van der Waals surface area (Å²) >= 11 is 1.55. The molecule has 6 nitrogen and oxygen atoms in total. The molecule has 166 valence electrons. The summed E-state index contributed by atoms with van der Waals surface area (Å²) < 4.78 is 30.0. The van der Waals surface area contributed by atoms with Crippen LogP contribution < -0.4 is 15.5 Å². The molecule has 0 atom stereocenters. The molecule has 32 heavy (non-hydrogen) atoms. The van der Waals surface area contributed by atoms with Gasteiger partial charge in [0, 0.05) is 49.4 Å². The Kier molecular flexibility index (Phi) is 5.75. The van der Waals surface area contributed by atoms with Crippen LogP contribution in [0.4, 0.5) is 20.3 Å². The highest BCUT2D eigenvalue weighted by Gasteiger charge is 2.19. The maximum atomic E-state index is 14.8. The number of thiazole rings is 1. The van der Waals surface area contributed by atoms with Crippen LogP contribution in [-0.4, -0.2) is 40.5 Å². The number of benzene rings is 1. The maximum absolute atomic E-state index is 14.8. The van der Waals surface area contributed by atoms with Crippen LogP contribution in [0, 0.1) is 11.6 Å². The van der Waals surface area contributed by atoms with Crippen molar-refractivity contribution in [3.8, 4) is 11.3 Å². The van der Waals surface area contributed by atoms with Crippen molar-refractivity contribution < 1.29 is 8.78 Å². The molecular weight excluding hydrogens is 430 g/mol. The van der Waals surface area contributed by atoms with Gasteiger partial charge < -0.3 is 15.5 Å². The molecule has 0 aliphatic carbocycles. The van der Waals surface area contributed by atoms with Gasteiger partial charge in [-0.1, -0.05) is 6.92 Å². The lowest BCUT2D eigenvalue weighted by atomic mass is 10.2. The van der Waals surface area contributed by atoms with Gasteiger partial charge in [-0.3, -0.25) is 4.40 Å². The fourth-order valence-corrected chi connectivity index (χ4v) is 4.72. The summed E-state index contributed by atoms with van der Waals surface area (Å²) in [5.41, 5.74) is 3.77. The minimum atomic E-state index is -0.262. The quantitative estimate of drug-likeness (QED) is 0.455. The molecule has 0 radical (unpaired) electrons. The van der Waals surface area contributed by atoms with Crippen LogP contribution >= 0.6 is 11.3 Å². The van der Waals surface area contributed by atoms with E-state index in [9.17, 15) is 8.78 Å². The number of hydrogen-bond acceptors (Lipinski definition) is 6. The molecular formula is C23H24F2N6S. The predicted octanol–water partition coefficient (Wildman–Crippen LogP) is 4.32. The lowest BCUT2D eigenvalue weighted by Crippen LogP contribution is -2.44. The number of aryl methyl sites for hydroxylation is 1. The van der Waals surface area contributed by atoms with Crippen molar-refractivity contribution in [3.63, 3.8) is 0 Å². The van der Waals surface area contributed by atoms with Crippen LogP contribution in [0.5, 0.6) is 0 Å². The number of piperazine rings is 1. The van der Waals surface area contributed by atoms with E-state index in [1.807, 2.05) is 22.9 Å². The Morgan fingerprint density at radius 1 is 1.12 bits per heavy atom. The summed E-state index contributed by atoms with van der Waals surface area (Å²) in [6, 6.07) is 7.85. The van der Waals surface area contributed by atoms with Crippen LogP contribution in [0.2, 0.25) is 0 Å². The molecule has 0 spiro atoms. The zero-order chi connectivity index (χ0) is 22.1. The Balaban J connectivity index is 1.41. The minimum absolute atomic E-state index is 0.248. The van der Waals surface area contributed by atoms with Crippen molar-refractivity contribution in [3.05, 3.63) is 64.2 Å². The highest BCUT2D eigenvalue weighted by Crippen LogP contribution is 2.28. The van der Waals surface area contributed by atoms with Crippen LogP contribution in [0.25, 0.3) is 16.9 Å². The number of hydrogen-bond donors (Lipinski definition) is 2. The van der Waals surface area contributed by atoms with Crippen LogP contribution in [0.15, 0.2) is 41.9 Å². The lowest BCUT2D eigenvalue weighted by Gasteiger charge is -2.29. The molecule has 1 saturated heterocycles. The van der Waals surface area contributed by atoms with Gasteiger partial charge >= 0.3 is 0 Å². The SMILES string of the molecule is CCc1nc2cc(F)c(N3CCNCC3)cn2c1NCc1nc(-c2ccc(F)cc2)cs1. The fourth-order valence-electron chi connectivity index (χ4n) is 3.98. The zero-order valence-electron chi connectivity index (χ0n) is 17.7. The summed E-state index contributed by atoms with van der Waals surface area (Å²) in [4.78, 5) is 11.4. The van der Waals surface area contributed by atoms with Gasteiger partial charge in [0.15, 0.2) is 5.82 Å². The van der Waals surface area contributed by atoms with Crippen LogP contribution in [0.3, 0.4) is 0 Å². The van der Waals surface area contributed by atoms with E-state index < -0.39 is 0 Å². The van der Waals surface area contributed by atoms with Crippen molar-refractivity contribution >= 4 is 28.5 Å². The normalized spacial score (nSPS) is 14.3. The standard InChI is InChI=1S/C23H24F2N6S/c1-2-18-23(27-12-22-29-19(14-32-22)15-3-5-16(24)6-4-15)31-13-20(17(25)11-21(31)28-18)30-9-7-26-8-10-30/h3-6,11,13-14,26-27H,2,7-10,12H2,1H3. The van der Waals surface area contributed by atoms with E-state index >= 15 is 0 Å². The number of rotatable bonds is 6. The van der Waals surface area contributed by atoms with E-state index in [0.717, 1.165) is 60.4 Å². The lowest BCUT2D eigenvalue weighted by molar-refractivity contribution is 0.565. The Hall–Kier alpha value is -3.04. The third kappa shape index (κ3) is 4.05. The predicted molar refractivity (Wildman–Crippen MR) is 124 cm³/mol. The first-order chi connectivity index (χ1) is 15.6. The fraction of sp³-hybridized carbons (Fsp3) is 0.304. The number of pyridine rings is 1.